The monoisotopic (exact) mass is 452 g/mol. The average Bonchev–Trinajstić information content (AvgIpc) is 2.73. The number of hydrogen-bond donors (Lipinski definition) is 0. The highest BCUT2D eigenvalue weighted by Gasteiger charge is 2.26. The van der Waals surface area contributed by atoms with Gasteiger partial charge in [0, 0.05) is 26.2 Å². The quantitative estimate of drug-likeness (QED) is 0.628. The van der Waals surface area contributed by atoms with E-state index < -0.39 is 10.0 Å². The Bertz CT molecular complexity index is 826. The van der Waals surface area contributed by atoms with Crippen LogP contribution in [0.1, 0.15) is 57.4 Å². The molecule has 7 nitrogen and oxygen atoms in total. The standard InChI is InChI=1S/C23H36N2O5S/c1-18(2)30-23(26)24-12-7-19(8-13-24)11-16-29-22-6-4-5-21(17-22)20-9-14-25(15-10-20)31(3,27)28/h4-6,17-20H,7-16H2,1-3H3. The number of ether oxygens (including phenoxy) is 2. The Kier molecular flexibility index (Phi) is 8.22. The summed E-state index contributed by atoms with van der Waals surface area (Å²) in [5.41, 5.74) is 1.22. The van der Waals surface area contributed by atoms with E-state index in [1.54, 1.807) is 9.21 Å². The summed E-state index contributed by atoms with van der Waals surface area (Å²) in [6.07, 6.45) is 5.62. The van der Waals surface area contributed by atoms with E-state index in [1.165, 1.54) is 11.8 Å². The van der Waals surface area contributed by atoms with Gasteiger partial charge in [-0.2, -0.15) is 0 Å². The van der Waals surface area contributed by atoms with Crippen molar-refractivity contribution < 1.29 is 22.7 Å². The lowest BCUT2D eigenvalue weighted by atomic mass is 9.90. The molecule has 1 amide bonds. The molecule has 0 radical (unpaired) electrons. The average molecular weight is 453 g/mol. The molecule has 174 valence electrons. The number of amides is 1. The Morgan fingerprint density at radius 2 is 1.77 bits per heavy atom. The van der Waals surface area contributed by atoms with Crippen molar-refractivity contribution in [2.45, 2.75) is 58.0 Å². The van der Waals surface area contributed by atoms with Gasteiger partial charge in [0.15, 0.2) is 0 Å². The van der Waals surface area contributed by atoms with Crippen molar-refractivity contribution in [3.05, 3.63) is 29.8 Å². The van der Waals surface area contributed by atoms with E-state index in [0.717, 1.165) is 50.9 Å². The van der Waals surface area contributed by atoms with Gasteiger partial charge in [0.2, 0.25) is 10.0 Å². The number of sulfonamides is 1. The summed E-state index contributed by atoms with van der Waals surface area (Å²) in [5, 5.41) is 0. The van der Waals surface area contributed by atoms with Crippen molar-refractivity contribution in [1.82, 2.24) is 9.21 Å². The molecule has 8 heteroatoms. The van der Waals surface area contributed by atoms with Crippen LogP contribution >= 0.6 is 0 Å². The Labute approximate surface area is 186 Å². The smallest absolute Gasteiger partial charge is 0.410 e. The maximum atomic E-state index is 12.0. The van der Waals surface area contributed by atoms with Gasteiger partial charge in [-0.05, 0) is 75.5 Å². The molecule has 2 saturated heterocycles. The van der Waals surface area contributed by atoms with E-state index in [4.69, 9.17) is 9.47 Å². The first kappa shape index (κ1) is 23.9. The van der Waals surface area contributed by atoms with Crippen LogP contribution < -0.4 is 4.74 Å². The van der Waals surface area contributed by atoms with Gasteiger partial charge in [-0.15, -0.1) is 0 Å². The number of likely N-dealkylation sites (tertiary alicyclic amines) is 1. The van der Waals surface area contributed by atoms with Crippen LogP contribution in [0.4, 0.5) is 4.79 Å². The summed E-state index contributed by atoms with van der Waals surface area (Å²) in [5.74, 6) is 1.81. The van der Waals surface area contributed by atoms with Crippen molar-refractivity contribution in [3.63, 3.8) is 0 Å². The molecule has 2 fully saturated rings. The normalized spacial score (nSPS) is 19.5. The summed E-state index contributed by atoms with van der Waals surface area (Å²) in [7, 11) is -3.10. The molecule has 0 aromatic heterocycles. The second kappa shape index (κ2) is 10.7. The first-order valence-electron chi connectivity index (χ1n) is 11.4. The largest absolute Gasteiger partial charge is 0.494 e. The molecule has 2 aliphatic rings. The van der Waals surface area contributed by atoms with Crippen molar-refractivity contribution in [2.75, 3.05) is 39.0 Å². The van der Waals surface area contributed by atoms with Crippen LogP contribution in [0.25, 0.3) is 0 Å². The van der Waals surface area contributed by atoms with Crippen LogP contribution in [0.3, 0.4) is 0 Å². The highest BCUT2D eigenvalue weighted by molar-refractivity contribution is 7.88. The van der Waals surface area contributed by atoms with Crippen molar-refractivity contribution >= 4 is 16.1 Å². The highest BCUT2D eigenvalue weighted by atomic mass is 32.2. The molecule has 31 heavy (non-hydrogen) atoms. The Morgan fingerprint density at radius 3 is 2.39 bits per heavy atom. The van der Waals surface area contributed by atoms with Gasteiger partial charge in [-0.1, -0.05) is 12.1 Å². The topological polar surface area (TPSA) is 76.2 Å². The lowest BCUT2D eigenvalue weighted by Gasteiger charge is -2.31. The van der Waals surface area contributed by atoms with Crippen molar-refractivity contribution in [1.29, 1.82) is 0 Å². The zero-order valence-electron chi connectivity index (χ0n) is 19.0. The van der Waals surface area contributed by atoms with Gasteiger partial charge < -0.3 is 14.4 Å². The molecule has 0 saturated carbocycles. The highest BCUT2D eigenvalue weighted by Crippen LogP contribution is 2.31. The third kappa shape index (κ3) is 7.10. The molecule has 0 bridgehead atoms. The molecular weight excluding hydrogens is 416 g/mol. The molecule has 1 aromatic carbocycles. The van der Waals surface area contributed by atoms with Crippen LogP contribution in [0.5, 0.6) is 5.75 Å². The van der Waals surface area contributed by atoms with Crippen LogP contribution in [-0.2, 0) is 14.8 Å². The fourth-order valence-corrected chi connectivity index (χ4v) is 5.28. The summed E-state index contributed by atoms with van der Waals surface area (Å²) < 4.78 is 36.3. The van der Waals surface area contributed by atoms with E-state index >= 15 is 0 Å². The predicted molar refractivity (Wildman–Crippen MR) is 121 cm³/mol. The fraction of sp³-hybridized carbons (Fsp3) is 0.696. The first-order chi connectivity index (χ1) is 14.7. The molecule has 3 rings (SSSR count). The molecule has 0 aliphatic carbocycles. The molecule has 2 heterocycles. The molecule has 0 spiro atoms. The number of benzene rings is 1. The van der Waals surface area contributed by atoms with Gasteiger partial charge >= 0.3 is 6.09 Å². The van der Waals surface area contributed by atoms with E-state index in [2.05, 4.69) is 12.1 Å². The van der Waals surface area contributed by atoms with Gasteiger partial charge in [-0.25, -0.2) is 17.5 Å². The summed E-state index contributed by atoms with van der Waals surface area (Å²) in [4.78, 5) is 13.8. The Balaban J connectivity index is 1.41. The van der Waals surface area contributed by atoms with E-state index in [-0.39, 0.29) is 12.2 Å². The van der Waals surface area contributed by atoms with Crippen molar-refractivity contribution in [3.8, 4) is 5.75 Å². The zero-order valence-corrected chi connectivity index (χ0v) is 19.8. The molecule has 1 aromatic rings. The van der Waals surface area contributed by atoms with Gasteiger partial charge in [0.05, 0.1) is 19.0 Å². The third-order valence-corrected chi connectivity index (χ3v) is 7.56. The summed E-state index contributed by atoms with van der Waals surface area (Å²) in [6.45, 7) is 7.06. The molecular formula is C23H36N2O5S. The van der Waals surface area contributed by atoms with Crippen LogP contribution in [0.2, 0.25) is 0 Å². The number of rotatable bonds is 7. The summed E-state index contributed by atoms with van der Waals surface area (Å²) in [6, 6.07) is 8.22. The van der Waals surface area contributed by atoms with Crippen molar-refractivity contribution in [2.24, 2.45) is 5.92 Å². The molecule has 2 aliphatic heterocycles. The second-order valence-electron chi connectivity index (χ2n) is 9.01. The van der Waals surface area contributed by atoms with Crippen LogP contribution in [0.15, 0.2) is 24.3 Å². The first-order valence-corrected chi connectivity index (χ1v) is 13.2. The second-order valence-corrected chi connectivity index (χ2v) is 11.0. The van der Waals surface area contributed by atoms with Gasteiger partial charge in [-0.3, -0.25) is 0 Å². The Morgan fingerprint density at radius 1 is 1.10 bits per heavy atom. The molecule has 0 N–H and O–H groups in total. The van der Waals surface area contributed by atoms with Gasteiger partial charge in [0.25, 0.3) is 0 Å². The van der Waals surface area contributed by atoms with E-state index in [9.17, 15) is 13.2 Å². The Hall–Kier alpha value is -1.80. The number of carbonyl (C=O) groups is 1. The number of hydrogen-bond acceptors (Lipinski definition) is 5. The van der Waals surface area contributed by atoms with E-state index in [1.807, 2.05) is 26.0 Å². The number of nitrogens with zero attached hydrogens (tertiary/aromatic N) is 2. The maximum Gasteiger partial charge on any atom is 0.410 e. The predicted octanol–water partition coefficient (Wildman–Crippen LogP) is 3.85. The fourth-order valence-electron chi connectivity index (χ4n) is 4.40. The molecule has 0 unspecified atom stereocenters. The van der Waals surface area contributed by atoms with E-state index in [0.29, 0.717) is 31.5 Å². The number of carbonyl (C=O) groups excluding carboxylic acids is 1. The maximum absolute atomic E-state index is 12.0. The summed E-state index contributed by atoms with van der Waals surface area (Å²) >= 11 is 0. The minimum absolute atomic E-state index is 0.0818. The zero-order chi connectivity index (χ0) is 22.4. The van der Waals surface area contributed by atoms with Gasteiger partial charge in [0.1, 0.15) is 5.75 Å². The van der Waals surface area contributed by atoms with Crippen LogP contribution in [0, 0.1) is 5.92 Å². The molecule has 0 atom stereocenters. The third-order valence-electron chi connectivity index (χ3n) is 6.26. The number of piperidine rings is 2. The lowest BCUT2D eigenvalue weighted by molar-refractivity contribution is 0.0637. The SMILES string of the molecule is CC(C)OC(=O)N1CCC(CCOc2cccc(C3CCN(S(C)(=O)=O)CC3)c2)CC1. The van der Waals surface area contributed by atoms with Crippen LogP contribution in [-0.4, -0.2) is 68.9 Å². The minimum Gasteiger partial charge on any atom is -0.494 e. The minimum atomic E-state index is -3.10. The lowest BCUT2D eigenvalue weighted by Crippen LogP contribution is -2.39.